The van der Waals surface area contributed by atoms with E-state index in [4.69, 9.17) is 4.74 Å². The van der Waals surface area contributed by atoms with Crippen molar-refractivity contribution in [2.45, 2.75) is 39.0 Å². The number of hydrogen-bond donors (Lipinski definition) is 1. The van der Waals surface area contributed by atoms with Crippen molar-refractivity contribution < 1.29 is 9.53 Å². The molecule has 0 radical (unpaired) electrons. The Morgan fingerprint density at radius 1 is 1.19 bits per heavy atom. The van der Waals surface area contributed by atoms with Gasteiger partial charge < -0.3 is 10.1 Å². The van der Waals surface area contributed by atoms with Gasteiger partial charge in [-0.1, -0.05) is 18.2 Å². The topological polar surface area (TPSA) is 64.1 Å². The second-order valence-corrected chi connectivity index (χ2v) is 7.44. The second-order valence-electron chi connectivity index (χ2n) is 6.35. The van der Waals surface area contributed by atoms with Crippen molar-refractivity contribution in [1.82, 2.24) is 9.97 Å². The Balaban J connectivity index is 1.79. The molecule has 2 heterocycles. The average molecular weight is 367 g/mol. The van der Waals surface area contributed by atoms with E-state index in [9.17, 15) is 4.79 Å². The summed E-state index contributed by atoms with van der Waals surface area (Å²) >= 11 is 1.74. The third-order valence-electron chi connectivity index (χ3n) is 4.51. The first-order chi connectivity index (χ1) is 12.7. The third-order valence-corrected chi connectivity index (χ3v) is 5.69. The summed E-state index contributed by atoms with van der Waals surface area (Å²) in [7, 11) is 0. The van der Waals surface area contributed by atoms with E-state index in [0.717, 1.165) is 34.6 Å². The summed E-state index contributed by atoms with van der Waals surface area (Å²) in [6.07, 6.45) is 4.70. The maximum Gasteiger partial charge on any atom is 0.313 e. The van der Waals surface area contributed by atoms with E-state index in [2.05, 4.69) is 15.3 Å². The number of ether oxygens (including phenoxy) is 1. The highest BCUT2D eigenvalue weighted by Gasteiger charge is 2.22. The van der Waals surface area contributed by atoms with E-state index in [1.807, 2.05) is 30.3 Å². The zero-order valence-corrected chi connectivity index (χ0v) is 15.6. The molecule has 1 aliphatic carbocycles. The molecule has 0 bridgehead atoms. The van der Waals surface area contributed by atoms with Crippen LogP contribution in [-0.2, 0) is 28.8 Å². The zero-order valence-electron chi connectivity index (χ0n) is 14.7. The normalized spacial score (nSPS) is 13.4. The molecule has 0 saturated heterocycles. The quantitative estimate of drug-likeness (QED) is 0.676. The standard InChI is InChI=1S/C20H21N3O2S/c1-2-25-17(24)12-16-22-19(21-13-8-4-3-5-9-13)18-14-10-6-7-11-15(14)26-20(18)23-16/h3-5,8-9H,2,6-7,10-12H2,1H3,(H,21,22,23). The minimum absolute atomic E-state index is 0.0931. The molecule has 0 aliphatic heterocycles. The fourth-order valence-corrected chi connectivity index (χ4v) is 4.65. The molecule has 1 aromatic carbocycles. The van der Waals surface area contributed by atoms with Crippen molar-refractivity contribution in [3.63, 3.8) is 0 Å². The Kier molecular flexibility index (Phi) is 4.84. The van der Waals surface area contributed by atoms with Gasteiger partial charge in [-0.25, -0.2) is 9.97 Å². The average Bonchev–Trinajstić information content (AvgIpc) is 3.01. The summed E-state index contributed by atoms with van der Waals surface area (Å²) in [6, 6.07) is 9.99. The Morgan fingerprint density at radius 3 is 2.81 bits per heavy atom. The van der Waals surface area contributed by atoms with Crippen LogP contribution in [0.15, 0.2) is 30.3 Å². The number of thiophene rings is 1. The second kappa shape index (κ2) is 7.41. The number of nitrogens with one attached hydrogen (secondary N) is 1. The third kappa shape index (κ3) is 3.42. The highest BCUT2D eigenvalue weighted by molar-refractivity contribution is 7.19. The number of aryl methyl sites for hydroxylation is 2. The molecule has 0 spiro atoms. The molecule has 26 heavy (non-hydrogen) atoms. The van der Waals surface area contributed by atoms with Gasteiger partial charge in [0, 0.05) is 10.6 Å². The van der Waals surface area contributed by atoms with Crippen molar-refractivity contribution in [2.24, 2.45) is 0 Å². The van der Waals surface area contributed by atoms with Gasteiger partial charge in [0.25, 0.3) is 0 Å². The number of anilines is 2. The van der Waals surface area contributed by atoms with Gasteiger partial charge in [-0.3, -0.25) is 4.79 Å². The van der Waals surface area contributed by atoms with Gasteiger partial charge in [0.2, 0.25) is 0 Å². The SMILES string of the molecule is CCOC(=O)Cc1nc(Nc2ccccc2)c2c3c(sc2n1)CCCC3. The van der Waals surface area contributed by atoms with E-state index in [1.165, 1.54) is 23.3 Å². The van der Waals surface area contributed by atoms with Crippen LogP contribution in [0.4, 0.5) is 11.5 Å². The van der Waals surface area contributed by atoms with Crippen LogP contribution in [0.5, 0.6) is 0 Å². The first-order valence-corrected chi connectivity index (χ1v) is 9.85. The Bertz CT molecular complexity index is 937. The predicted molar refractivity (Wildman–Crippen MR) is 104 cm³/mol. The van der Waals surface area contributed by atoms with E-state index >= 15 is 0 Å². The first kappa shape index (κ1) is 17.0. The number of benzene rings is 1. The summed E-state index contributed by atoms with van der Waals surface area (Å²) < 4.78 is 5.06. The lowest BCUT2D eigenvalue weighted by Gasteiger charge is -2.13. The van der Waals surface area contributed by atoms with Crippen LogP contribution in [0.2, 0.25) is 0 Å². The minimum Gasteiger partial charge on any atom is -0.466 e. The van der Waals surface area contributed by atoms with Crippen molar-refractivity contribution in [1.29, 1.82) is 0 Å². The summed E-state index contributed by atoms with van der Waals surface area (Å²) in [5.74, 6) is 1.01. The van der Waals surface area contributed by atoms with Gasteiger partial charge in [0.05, 0.1) is 12.0 Å². The summed E-state index contributed by atoms with van der Waals surface area (Å²) in [6.45, 7) is 2.17. The molecule has 1 N–H and O–H groups in total. The van der Waals surface area contributed by atoms with Crippen LogP contribution < -0.4 is 5.32 Å². The molecule has 0 saturated carbocycles. The van der Waals surface area contributed by atoms with Crippen molar-refractivity contribution in [3.05, 3.63) is 46.6 Å². The van der Waals surface area contributed by atoms with Gasteiger partial charge in [0.1, 0.15) is 22.9 Å². The molecule has 2 aromatic heterocycles. The number of hydrogen-bond acceptors (Lipinski definition) is 6. The Morgan fingerprint density at radius 2 is 2.00 bits per heavy atom. The molecule has 0 unspecified atom stereocenters. The number of carbonyl (C=O) groups excluding carboxylic acids is 1. The highest BCUT2D eigenvalue weighted by Crippen LogP contribution is 2.39. The largest absolute Gasteiger partial charge is 0.466 e. The lowest BCUT2D eigenvalue weighted by molar-refractivity contribution is -0.142. The number of para-hydroxylation sites is 1. The minimum atomic E-state index is -0.293. The molecular weight excluding hydrogens is 346 g/mol. The first-order valence-electron chi connectivity index (χ1n) is 9.03. The van der Waals surface area contributed by atoms with Crippen LogP contribution in [0, 0.1) is 0 Å². The van der Waals surface area contributed by atoms with Crippen LogP contribution in [0.3, 0.4) is 0 Å². The highest BCUT2D eigenvalue weighted by atomic mass is 32.1. The smallest absolute Gasteiger partial charge is 0.313 e. The Hall–Kier alpha value is -2.47. The molecule has 134 valence electrons. The van der Waals surface area contributed by atoms with Crippen molar-refractivity contribution in [2.75, 3.05) is 11.9 Å². The Labute approximate surface area is 156 Å². The van der Waals surface area contributed by atoms with Crippen molar-refractivity contribution >= 4 is 39.0 Å². The number of esters is 1. The number of fused-ring (bicyclic) bond motifs is 3. The zero-order chi connectivity index (χ0) is 17.9. The molecule has 0 amide bonds. The molecule has 6 heteroatoms. The predicted octanol–water partition coefficient (Wildman–Crippen LogP) is 4.42. The fraction of sp³-hybridized carbons (Fsp3) is 0.350. The summed E-state index contributed by atoms with van der Waals surface area (Å²) in [5, 5.41) is 4.54. The van der Waals surface area contributed by atoms with Crippen LogP contribution in [-0.4, -0.2) is 22.5 Å². The van der Waals surface area contributed by atoms with E-state index < -0.39 is 0 Å². The van der Waals surface area contributed by atoms with Gasteiger partial charge in [-0.2, -0.15) is 0 Å². The van der Waals surface area contributed by atoms with Gasteiger partial charge in [0.15, 0.2) is 0 Å². The summed E-state index contributed by atoms with van der Waals surface area (Å²) in [5.41, 5.74) is 2.35. The maximum atomic E-state index is 11.9. The van der Waals surface area contributed by atoms with Gasteiger partial charge >= 0.3 is 5.97 Å². The number of carbonyl (C=O) groups is 1. The van der Waals surface area contributed by atoms with Crippen LogP contribution in [0.1, 0.15) is 36.0 Å². The van der Waals surface area contributed by atoms with E-state index in [0.29, 0.717) is 12.4 Å². The van der Waals surface area contributed by atoms with Crippen LogP contribution in [0.25, 0.3) is 10.2 Å². The van der Waals surface area contributed by atoms with E-state index in [-0.39, 0.29) is 12.4 Å². The molecule has 3 aromatic rings. The monoisotopic (exact) mass is 367 g/mol. The maximum absolute atomic E-state index is 11.9. The van der Waals surface area contributed by atoms with Crippen molar-refractivity contribution in [3.8, 4) is 0 Å². The molecule has 5 nitrogen and oxygen atoms in total. The number of aromatic nitrogens is 2. The lowest BCUT2D eigenvalue weighted by Crippen LogP contribution is -2.11. The van der Waals surface area contributed by atoms with E-state index in [1.54, 1.807) is 18.3 Å². The lowest BCUT2D eigenvalue weighted by atomic mass is 9.97. The van der Waals surface area contributed by atoms with Crippen LogP contribution >= 0.6 is 11.3 Å². The number of nitrogens with zero attached hydrogens (tertiary/aromatic N) is 2. The number of rotatable bonds is 5. The molecule has 4 rings (SSSR count). The molecule has 0 atom stereocenters. The molecule has 1 aliphatic rings. The molecular formula is C20H21N3O2S. The summed E-state index contributed by atoms with van der Waals surface area (Å²) in [4.78, 5) is 23.6. The fourth-order valence-electron chi connectivity index (χ4n) is 3.37. The molecule has 0 fully saturated rings. The van der Waals surface area contributed by atoms with Gasteiger partial charge in [-0.15, -0.1) is 11.3 Å². The van der Waals surface area contributed by atoms with Gasteiger partial charge in [-0.05, 0) is 50.3 Å².